The molecular formula is C24H30N6O2. The summed E-state index contributed by atoms with van der Waals surface area (Å²) in [6.07, 6.45) is 1.89. The fourth-order valence-corrected chi connectivity index (χ4v) is 4.49. The van der Waals surface area contributed by atoms with Crippen LogP contribution in [0.15, 0.2) is 42.6 Å². The van der Waals surface area contributed by atoms with Gasteiger partial charge in [0.2, 0.25) is 0 Å². The molecule has 32 heavy (non-hydrogen) atoms. The Labute approximate surface area is 188 Å². The van der Waals surface area contributed by atoms with E-state index < -0.39 is 0 Å². The molecule has 2 saturated heterocycles. The Bertz CT molecular complexity index is 1120. The Kier molecular flexibility index (Phi) is 5.25. The zero-order valence-corrected chi connectivity index (χ0v) is 18.8. The number of rotatable bonds is 7. The number of nitrogens with one attached hydrogen (secondary N) is 2. The SMILES string of the molecule is Cc1cc(OCC(C)c2ccccc2)cn2nc(C(C)CN3CC4(CNC4)NC3=O)nc12. The lowest BCUT2D eigenvalue weighted by molar-refractivity contribution is 0.213. The van der Waals surface area contributed by atoms with Crippen molar-refractivity contribution in [1.82, 2.24) is 30.1 Å². The van der Waals surface area contributed by atoms with Crippen molar-refractivity contribution < 1.29 is 9.53 Å². The zero-order chi connectivity index (χ0) is 22.3. The van der Waals surface area contributed by atoms with E-state index in [0.29, 0.717) is 19.1 Å². The highest BCUT2D eigenvalue weighted by Crippen LogP contribution is 2.25. The summed E-state index contributed by atoms with van der Waals surface area (Å²) in [6.45, 7) is 9.84. The van der Waals surface area contributed by atoms with Crippen LogP contribution in [0.3, 0.4) is 0 Å². The quantitative estimate of drug-likeness (QED) is 0.597. The third-order valence-corrected chi connectivity index (χ3v) is 6.49. The van der Waals surface area contributed by atoms with Gasteiger partial charge in [0.25, 0.3) is 0 Å². The first-order chi connectivity index (χ1) is 15.4. The first kappa shape index (κ1) is 20.8. The highest BCUT2D eigenvalue weighted by Gasteiger charge is 2.47. The van der Waals surface area contributed by atoms with Gasteiger partial charge in [-0.1, -0.05) is 44.2 Å². The number of amides is 2. The summed E-state index contributed by atoms with van der Waals surface area (Å²) < 4.78 is 7.89. The molecule has 8 nitrogen and oxygen atoms in total. The number of hydrogen-bond acceptors (Lipinski definition) is 5. The van der Waals surface area contributed by atoms with Gasteiger partial charge >= 0.3 is 6.03 Å². The maximum absolute atomic E-state index is 12.4. The highest BCUT2D eigenvalue weighted by atomic mass is 16.5. The summed E-state index contributed by atoms with van der Waals surface area (Å²) in [5.41, 5.74) is 3.00. The Morgan fingerprint density at radius 1 is 1.19 bits per heavy atom. The van der Waals surface area contributed by atoms with Gasteiger partial charge in [0, 0.05) is 38.0 Å². The molecule has 0 aliphatic carbocycles. The van der Waals surface area contributed by atoms with Crippen LogP contribution in [0.2, 0.25) is 0 Å². The molecule has 2 aliphatic rings. The number of urea groups is 1. The summed E-state index contributed by atoms with van der Waals surface area (Å²) in [7, 11) is 0. The number of fused-ring (bicyclic) bond motifs is 1. The lowest BCUT2D eigenvalue weighted by Gasteiger charge is -2.38. The standard InChI is InChI=1S/C24H30N6O2/c1-16-9-20(32-12-18(3)19-7-5-4-6-8-19)11-30-22(16)26-21(28-30)17(2)10-29-15-24(13-25-14-24)27-23(29)31/h4-9,11,17-18,25H,10,12-15H2,1-3H3,(H,27,31). The van der Waals surface area contributed by atoms with Crippen LogP contribution in [-0.4, -0.2) is 63.9 Å². The molecule has 0 bridgehead atoms. The Morgan fingerprint density at radius 3 is 2.66 bits per heavy atom. The van der Waals surface area contributed by atoms with E-state index in [1.165, 1.54) is 5.56 Å². The molecule has 5 rings (SSSR count). The van der Waals surface area contributed by atoms with Crippen molar-refractivity contribution in [3.8, 4) is 5.75 Å². The van der Waals surface area contributed by atoms with E-state index in [0.717, 1.165) is 42.4 Å². The van der Waals surface area contributed by atoms with Crippen molar-refractivity contribution in [3.63, 3.8) is 0 Å². The molecule has 2 amide bonds. The van der Waals surface area contributed by atoms with Crippen molar-refractivity contribution >= 4 is 11.7 Å². The van der Waals surface area contributed by atoms with Gasteiger partial charge in [-0.25, -0.2) is 14.3 Å². The van der Waals surface area contributed by atoms with Crippen molar-refractivity contribution in [2.24, 2.45) is 0 Å². The lowest BCUT2D eigenvalue weighted by atomic mass is 9.94. The second-order valence-corrected chi connectivity index (χ2v) is 9.32. The minimum Gasteiger partial charge on any atom is -0.491 e. The van der Waals surface area contributed by atoms with Crippen LogP contribution in [-0.2, 0) is 0 Å². The van der Waals surface area contributed by atoms with Crippen molar-refractivity contribution in [1.29, 1.82) is 0 Å². The minimum atomic E-state index is -0.0944. The molecule has 0 saturated carbocycles. The number of nitrogens with zero attached hydrogens (tertiary/aromatic N) is 4. The van der Waals surface area contributed by atoms with Crippen LogP contribution < -0.4 is 15.4 Å². The molecule has 2 aromatic heterocycles. The molecule has 2 aliphatic heterocycles. The number of pyridine rings is 1. The van der Waals surface area contributed by atoms with Crippen molar-refractivity contribution in [2.75, 3.05) is 32.8 Å². The maximum Gasteiger partial charge on any atom is 0.318 e. The van der Waals surface area contributed by atoms with Gasteiger partial charge in [-0.05, 0) is 24.1 Å². The molecule has 1 spiro atoms. The van der Waals surface area contributed by atoms with E-state index in [2.05, 4.69) is 48.7 Å². The third kappa shape index (κ3) is 3.90. The van der Waals surface area contributed by atoms with Gasteiger partial charge in [-0.15, -0.1) is 0 Å². The summed E-state index contributed by atoms with van der Waals surface area (Å²) in [6, 6.07) is 12.4. The molecule has 1 aromatic carbocycles. The molecule has 2 fully saturated rings. The first-order valence-electron chi connectivity index (χ1n) is 11.2. The van der Waals surface area contributed by atoms with Gasteiger partial charge in [0.15, 0.2) is 11.5 Å². The predicted octanol–water partition coefficient (Wildman–Crippen LogP) is 2.69. The zero-order valence-electron chi connectivity index (χ0n) is 18.8. The number of benzene rings is 1. The molecule has 3 aromatic rings. The van der Waals surface area contributed by atoms with Crippen LogP contribution >= 0.6 is 0 Å². The van der Waals surface area contributed by atoms with Gasteiger partial charge in [-0.2, -0.15) is 5.10 Å². The van der Waals surface area contributed by atoms with Crippen molar-refractivity contribution in [2.45, 2.75) is 38.1 Å². The van der Waals surface area contributed by atoms with E-state index in [1.54, 1.807) is 4.52 Å². The third-order valence-electron chi connectivity index (χ3n) is 6.49. The first-order valence-corrected chi connectivity index (χ1v) is 11.2. The van der Waals surface area contributed by atoms with E-state index in [1.807, 2.05) is 30.2 Å². The molecule has 0 radical (unpaired) electrons. The molecule has 168 valence electrons. The summed E-state index contributed by atoms with van der Waals surface area (Å²) >= 11 is 0. The topological polar surface area (TPSA) is 83.8 Å². The summed E-state index contributed by atoms with van der Waals surface area (Å²) in [4.78, 5) is 19.0. The molecule has 2 unspecified atom stereocenters. The fourth-order valence-electron chi connectivity index (χ4n) is 4.49. The largest absolute Gasteiger partial charge is 0.491 e. The normalized spacial score (nSPS) is 19.1. The van der Waals surface area contributed by atoms with Gasteiger partial charge in [-0.3, -0.25) is 0 Å². The molecular weight excluding hydrogens is 404 g/mol. The molecule has 4 heterocycles. The lowest BCUT2D eigenvalue weighted by Crippen LogP contribution is -2.67. The van der Waals surface area contributed by atoms with Crippen LogP contribution in [0.5, 0.6) is 5.75 Å². The number of hydrogen-bond donors (Lipinski definition) is 2. The Morgan fingerprint density at radius 2 is 1.97 bits per heavy atom. The van der Waals surface area contributed by atoms with Crippen LogP contribution in [0.1, 0.15) is 42.6 Å². The van der Waals surface area contributed by atoms with E-state index in [9.17, 15) is 4.79 Å². The average molecular weight is 435 g/mol. The molecule has 2 N–H and O–H groups in total. The van der Waals surface area contributed by atoms with E-state index >= 15 is 0 Å². The number of ether oxygens (including phenoxy) is 1. The van der Waals surface area contributed by atoms with E-state index in [4.69, 9.17) is 14.8 Å². The van der Waals surface area contributed by atoms with Crippen LogP contribution in [0.25, 0.3) is 5.65 Å². The fraction of sp³-hybridized carbons (Fsp3) is 0.458. The monoisotopic (exact) mass is 434 g/mol. The van der Waals surface area contributed by atoms with Crippen LogP contribution in [0.4, 0.5) is 4.79 Å². The number of aromatic nitrogens is 3. The molecule has 8 heteroatoms. The summed E-state index contributed by atoms with van der Waals surface area (Å²) in [5.74, 6) is 1.84. The number of carbonyl (C=O) groups excluding carboxylic acids is 1. The molecule has 2 atom stereocenters. The van der Waals surface area contributed by atoms with Gasteiger partial charge in [0.1, 0.15) is 5.75 Å². The number of aryl methyl sites for hydroxylation is 1. The van der Waals surface area contributed by atoms with E-state index in [-0.39, 0.29) is 17.5 Å². The second kappa shape index (κ2) is 8.09. The maximum atomic E-state index is 12.4. The highest BCUT2D eigenvalue weighted by molar-refractivity contribution is 5.78. The second-order valence-electron chi connectivity index (χ2n) is 9.32. The smallest absolute Gasteiger partial charge is 0.318 e. The predicted molar refractivity (Wildman–Crippen MR) is 122 cm³/mol. The minimum absolute atomic E-state index is 0.00140. The average Bonchev–Trinajstić information content (AvgIpc) is 3.34. The number of carbonyl (C=O) groups is 1. The Hall–Kier alpha value is -3.13. The summed E-state index contributed by atoms with van der Waals surface area (Å²) in [5, 5.41) is 11.1. The van der Waals surface area contributed by atoms with Crippen LogP contribution in [0, 0.1) is 6.92 Å². The van der Waals surface area contributed by atoms with Gasteiger partial charge < -0.3 is 20.3 Å². The van der Waals surface area contributed by atoms with Crippen molar-refractivity contribution in [3.05, 3.63) is 59.5 Å². The van der Waals surface area contributed by atoms with Gasteiger partial charge in [0.05, 0.1) is 18.3 Å². The Balaban J connectivity index is 1.27.